The van der Waals surface area contributed by atoms with E-state index in [9.17, 15) is 4.79 Å². The summed E-state index contributed by atoms with van der Waals surface area (Å²) >= 11 is 0. The first-order valence-electron chi connectivity index (χ1n) is 6.40. The molecular weight excluding hydrogens is 186 g/mol. The number of ketones is 1. The van der Waals surface area contributed by atoms with E-state index in [-0.39, 0.29) is 5.41 Å². The first-order valence-corrected chi connectivity index (χ1v) is 6.40. The second-order valence-electron chi connectivity index (χ2n) is 4.43. The van der Waals surface area contributed by atoms with Gasteiger partial charge in [-0.25, -0.2) is 0 Å². The van der Waals surface area contributed by atoms with Crippen LogP contribution in [0, 0.1) is 5.41 Å². The van der Waals surface area contributed by atoms with Gasteiger partial charge < -0.3 is 5.73 Å². The fraction of sp³-hybridized carbons (Fsp3) is 0.923. The number of hydrogen-bond donors (Lipinski definition) is 1. The third kappa shape index (κ3) is 4.33. The number of carbonyl (C=O) groups excluding carboxylic acids is 1. The van der Waals surface area contributed by atoms with Crippen molar-refractivity contribution in [1.29, 1.82) is 0 Å². The molecule has 2 heteroatoms. The van der Waals surface area contributed by atoms with E-state index in [1.807, 2.05) is 0 Å². The molecule has 0 spiro atoms. The van der Waals surface area contributed by atoms with Crippen LogP contribution in [0.2, 0.25) is 0 Å². The Bertz CT molecular complexity index is 165. The van der Waals surface area contributed by atoms with Gasteiger partial charge >= 0.3 is 0 Å². The number of unbranched alkanes of at least 4 members (excludes halogenated alkanes) is 3. The molecular formula is C13H27NO. The molecule has 0 bridgehead atoms. The second kappa shape index (κ2) is 7.86. The van der Waals surface area contributed by atoms with Crippen molar-refractivity contribution in [2.45, 2.75) is 65.7 Å². The molecule has 0 aliphatic carbocycles. The summed E-state index contributed by atoms with van der Waals surface area (Å²) < 4.78 is 0. The smallest absolute Gasteiger partial charge is 0.140 e. The van der Waals surface area contributed by atoms with Crippen LogP contribution in [0.15, 0.2) is 0 Å². The van der Waals surface area contributed by atoms with Crippen molar-refractivity contribution in [3.05, 3.63) is 0 Å². The topological polar surface area (TPSA) is 43.1 Å². The fourth-order valence-corrected chi connectivity index (χ4v) is 2.02. The lowest BCUT2D eigenvalue weighted by molar-refractivity contribution is -0.128. The van der Waals surface area contributed by atoms with Gasteiger partial charge in [0.1, 0.15) is 5.78 Å². The van der Waals surface area contributed by atoms with Crippen LogP contribution in [0.3, 0.4) is 0 Å². The van der Waals surface area contributed by atoms with Gasteiger partial charge in [-0.2, -0.15) is 0 Å². The van der Waals surface area contributed by atoms with Gasteiger partial charge in [-0.15, -0.1) is 0 Å². The van der Waals surface area contributed by atoms with E-state index in [0.29, 0.717) is 12.3 Å². The molecule has 0 atom stereocenters. The summed E-state index contributed by atoms with van der Waals surface area (Å²) in [5, 5.41) is 0. The van der Waals surface area contributed by atoms with Gasteiger partial charge in [-0.1, -0.05) is 40.0 Å². The molecule has 0 aliphatic rings. The molecule has 0 radical (unpaired) electrons. The zero-order valence-electron chi connectivity index (χ0n) is 10.6. The van der Waals surface area contributed by atoms with Gasteiger partial charge in [-0.05, 0) is 19.3 Å². The highest BCUT2D eigenvalue weighted by atomic mass is 16.1. The van der Waals surface area contributed by atoms with E-state index < -0.39 is 0 Å². The quantitative estimate of drug-likeness (QED) is 0.597. The monoisotopic (exact) mass is 213 g/mol. The van der Waals surface area contributed by atoms with E-state index in [4.69, 9.17) is 5.73 Å². The van der Waals surface area contributed by atoms with Crippen LogP contribution < -0.4 is 5.73 Å². The lowest BCUT2D eigenvalue weighted by atomic mass is 9.76. The van der Waals surface area contributed by atoms with Crippen molar-refractivity contribution in [1.82, 2.24) is 0 Å². The molecule has 0 aromatic carbocycles. The normalized spacial score (nSPS) is 11.7. The molecule has 2 N–H and O–H groups in total. The highest BCUT2D eigenvalue weighted by Gasteiger charge is 2.31. The molecule has 0 rings (SSSR count). The number of nitrogens with two attached hydrogens (primary N) is 1. The maximum absolute atomic E-state index is 12.0. The van der Waals surface area contributed by atoms with Gasteiger partial charge in [0.2, 0.25) is 0 Å². The summed E-state index contributed by atoms with van der Waals surface area (Å²) in [6, 6.07) is 0. The van der Waals surface area contributed by atoms with E-state index in [1.165, 1.54) is 19.3 Å². The third-order valence-corrected chi connectivity index (χ3v) is 3.59. The minimum Gasteiger partial charge on any atom is -0.329 e. The van der Waals surface area contributed by atoms with Crippen LogP contribution in [0.5, 0.6) is 0 Å². The number of Topliss-reactive ketones (excluding diaryl/α,β-unsaturated/α-hetero) is 1. The summed E-state index contributed by atoms with van der Waals surface area (Å²) in [6.45, 7) is 6.83. The maximum Gasteiger partial charge on any atom is 0.140 e. The Kier molecular flexibility index (Phi) is 7.67. The van der Waals surface area contributed by atoms with Crippen molar-refractivity contribution >= 4 is 5.78 Å². The summed E-state index contributed by atoms with van der Waals surface area (Å²) in [6.07, 6.45) is 7.15. The first kappa shape index (κ1) is 14.6. The minimum atomic E-state index is -0.230. The van der Waals surface area contributed by atoms with Gasteiger partial charge in [0, 0.05) is 18.4 Å². The maximum atomic E-state index is 12.0. The van der Waals surface area contributed by atoms with E-state index in [0.717, 1.165) is 25.7 Å². The second-order valence-corrected chi connectivity index (χ2v) is 4.43. The predicted octanol–water partition coefficient (Wildman–Crippen LogP) is 3.29. The Morgan fingerprint density at radius 2 is 1.67 bits per heavy atom. The van der Waals surface area contributed by atoms with Crippen LogP contribution >= 0.6 is 0 Å². The van der Waals surface area contributed by atoms with Crippen molar-refractivity contribution in [3.63, 3.8) is 0 Å². The molecule has 0 heterocycles. The lowest BCUT2D eigenvalue weighted by Gasteiger charge is -2.28. The first-order chi connectivity index (χ1) is 7.16. The van der Waals surface area contributed by atoms with Crippen LogP contribution in [-0.2, 0) is 4.79 Å². The minimum absolute atomic E-state index is 0.230. The molecule has 0 fully saturated rings. The average Bonchev–Trinajstić information content (AvgIpc) is 2.28. The fourth-order valence-electron chi connectivity index (χ4n) is 2.02. The van der Waals surface area contributed by atoms with E-state index >= 15 is 0 Å². The third-order valence-electron chi connectivity index (χ3n) is 3.59. The SMILES string of the molecule is CCCCCCC(=O)C(CC)(CC)CN. The Balaban J connectivity index is 4.04. The van der Waals surface area contributed by atoms with E-state index in [1.54, 1.807) is 0 Å². The zero-order valence-corrected chi connectivity index (χ0v) is 10.6. The number of carbonyl (C=O) groups is 1. The highest BCUT2D eigenvalue weighted by molar-refractivity contribution is 5.84. The average molecular weight is 213 g/mol. The van der Waals surface area contributed by atoms with Gasteiger partial charge in [-0.3, -0.25) is 4.79 Å². The summed E-state index contributed by atoms with van der Waals surface area (Å²) in [5.74, 6) is 0.381. The molecule has 90 valence electrons. The molecule has 0 amide bonds. The standard InChI is InChI=1S/C13H27NO/c1-4-7-8-9-10-12(15)13(5-2,6-3)11-14/h4-11,14H2,1-3H3. The van der Waals surface area contributed by atoms with Crippen molar-refractivity contribution < 1.29 is 4.79 Å². The van der Waals surface area contributed by atoms with Gasteiger partial charge in [0.05, 0.1) is 0 Å². The van der Waals surface area contributed by atoms with E-state index in [2.05, 4.69) is 20.8 Å². The van der Waals surface area contributed by atoms with Gasteiger partial charge in [0.15, 0.2) is 0 Å². The molecule has 0 aromatic heterocycles. The van der Waals surface area contributed by atoms with Crippen molar-refractivity contribution in [2.24, 2.45) is 11.1 Å². The largest absolute Gasteiger partial charge is 0.329 e. The van der Waals surface area contributed by atoms with Crippen molar-refractivity contribution in [3.8, 4) is 0 Å². The Labute approximate surface area is 94.6 Å². The molecule has 0 saturated carbocycles. The lowest BCUT2D eigenvalue weighted by Crippen LogP contribution is -2.37. The summed E-state index contributed by atoms with van der Waals surface area (Å²) in [4.78, 5) is 12.0. The highest BCUT2D eigenvalue weighted by Crippen LogP contribution is 2.28. The summed E-state index contributed by atoms with van der Waals surface area (Å²) in [7, 11) is 0. The molecule has 15 heavy (non-hydrogen) atoms. The predicted molar refractivity (Wildman–Crippen MR) is 65.8 cm³/mol. The van der Waals surface area contributed by atoms with Crippen LogP contribution in [-0.4, -0.2) is 12.3 Å². The Hall–Kier alpha value is -0.370. The van der Waals surface area contributed by atoms with Crippen molar-refractivity contribution in [2.75, 3.05) is 6.54 Å². The molecule has 0 unspecified atom stereocenters. The molecule has 0 aromatic rings. The molecule has 0 saturated heterocycles. The van der Waals surface area contributed by atoms with Crippen LogP contribution in [0.1, 0.15) is 65.7 Å². The van der Waals surface area contributed by atoms with Gasteiger partial charge in [0.25, 0.3) is 0 Å². The van der Waals surface area contributed by atoms with Crippen LogP contribution in [0.25, 0.3) is 0 Å². The van der Waals surface area contributed by atoms with Crippen LogP contribution in [0.4, 0.5) is 0 Å². The molecule has 2 nitrogen and oxygen atoms in total. The summed E-state index contributed by atoms with van der Waals surface area (Å²) in [5.41, 5.74) is 5.51. The Morgan fingerprint density at radius 1 is 1.07 bits per heavy atom. The number of hydrogen-bond acceptors (Lipinski definition) is 2. The zero-order chi connectivity index (χ0) is 11.7. The molecule has 0 aliphatic heterocycles. The number of rotatable bonds is 9. The Morgan fingerprint density at radius 3 is 2.07 bits per heavy atom.